The summed E-state index contributed by atoms with van der Waals surface area (Å²) in [5, 5.41) is 13.6. The van der Waals surface area contributed by atoms with Crippen LogP contribution in [0, 0.1) is 5.92 Å². The highest BCUT2D eigenvalue weighted by molar-refractivity contribution is 5.87. The van der Waals surface area contributed by atoms with Crippen LogP contribution >= 0.6 is 0 Å². The number of nitrogens with two attached hydrogens (primary N) is 1. The quantitative estimate of drug-likeness (QED) is 0.495. The molecule has 1 atom stereocenters. The van der Waals surface area contributed by atoms with Gasteiger partial charge in [0.15, 0.2) is 0 Å². The van der Waals surface area contributed by atoms with Crippen molar-refractivity contribution in [3.8, 4) is 0 Å². The van der Waals surface area contributed by atoms with Crippen molar-refractivity contribution in [2.75, 3.05) is 19.8 Å². The highest BCUT2D eigenvalue weighted by Gasteiger charge is 2.22. The molecule has 1 unspecified atom stereocenters. The minimum absolute atomic E-state index is 0.332. The topological polar surface area (TPSA) is 131 Å². The van der Waals surface area contributed by atoms with Crippen LogP contribution < -0.4 is 16.4 Å². The second kappa shape index (κ2) is 7.57. The first-order chi connectivity index (χ1) is 8.99. The van der Waals surface area contributed by atoms with E-state index in [0.29, 0.717) is 25.7 Å². The van der Waals surface area contributed by atoms with Gasteiger partial charge in [-0.25, -0.2) is 9.59 Å². The number of rotatable bonds is 6. The fraction of sp³-hybridized carbons (Fsp3) is 0.727. The molecule has 0 aliphatic carbocycles. The highest BCUT2D eigenvalue weighted by atomic mass is 16.5. The lowest BCUT2D eigenvalue weighted by atomic mass is 10.0. The number of aliphatic carboxylic acids is 1. The molecule has 1 saturated heterocycles. The Hall–Kier alpha value is -1.83. The zero-order valence-corrected chi connectivity index (χ0v) is 10.6. The average Bonchev–Trinajstić information content (AvgIpc) is 2.36. The number of hydrogen-bond donors (Lipinski definition) is 4. The van der Waals surface area contributed by atoms with E-state index in [1.165, 1.54) is 0 Å². The van der Waals surface area contributed by atoms with Gasteiger partial charge in [-0.3, -0.25) is 4.79 Å². The zero-order chi connectivity index (χ0) is 14.3. The van der Waals surface area contributed by atoms with Crippen molar-refractivity contribution in [3.05, 3.63) is 0 Å². The van der Waals surface area contributed by atoms with E-state index in [9.17, 15) is 14.4 Å². The number of urea groups is 1. The Labute approximate surface area is 110 Å². The van der Waals surface area contributed by atoms with Gasteiger partial charge in [-0.05, 0) is 18.8 Å². The first kappa shape index (κ1) is 15.2. The maximum Gasteiger partial charge on any atom is 0.326 e. The molecular formula is C11H19N3O5. The molecular weight excluding hydrogens is 254 g/mol. The van der Waals surface area contributed by atoms with Crippen LogP contribution in [0.2, 0.25) is 0 Å². The maximum absolute atomic E-state index is 11.5. The van der Waals surface area contributed by atoms with E-state index < -0.39 is 30.4 Å². The molecule has 19 heavy (non-hydrogen) atoms. The molecule has 0 radical (unpaired) electrons. The standard InChI is InChI=1S/C11H19N3O5/c12-9(15)5-8(10(16)17)14-11(18)13-6-7-1-3-19-4-2-7/h7-8H,1-6H2,(H2,12,15)(H,16,17)(H2,13,14,18). The fourth-order valence-corrected chi connectivity index (χ4v) is 1.80. The molecule has 1 fully saturated rings. The molecule has 5 N–H and O–H groups in total. The summed E-state index contributed by atoms with van der Waals surface area (Å²) in [6.45, 7) is 1.80. The van der Waals surface area contributed by atoms with E-state index in [1.807, 2.05) is 0 Å². The molecule has 0 bridgehead atoms. The van der Waals surface area contributed by atoms with E-state index in [-0.39, 0.29) is 0 Å². The number of primary amides is 1. The molecule has 0 spiro atoms. The lowest BCUT2D eigenvalue weighted by Crippen LogP contribution is -2.48. The SMILES string of the molecule is NC(=O)CC(NC(=O)NCC1CCOCC1)C(=O)O. The number of hydrogen-bond acceptors (Lipinski definition) is 4. The molecule has 0 aromatic carbocycles. The van der Waals surface area contributed by atoms with Crippen molar-refractivity contribution in [2.45, 2.75) is 25.3 Å². The monoisotopic (exact) mass is 273 g/mol. The Bertz CT molecular complexity index is 341. The Morgan fingerprint density at radius 3 is 2.47 bits per heavy atom. The summed E-state index contributed by atoms with van der Waals surface area (Å²) in [4.78, 5) is 33.0. The zero-order valence-electron chi connectivity index (χ0n) is 10.6. The van der Waals surface area contributed by atoms with Crippen LogP contribution in [0.15, 0.2) is 0 Å². The van der Waals surface area contributed by atoms with Crippen LogP contribution in [0.1, 0.15) is 19.3 Å². The third-order valence-corrected chi connectivity index (χ3v) is 2.90. The molecule has 0 aromatic rings. The van der Waals surface area contributed by atoms with Crippen molar-refractivity contribution in [1.29, 1.82) is 0 Å². The molecule has 1 aliphatic rings. The minimum Gasteiger partial charge on any atom is -0.480 e. The lowest BCUT2D eigenvalue weighted by Gasteiger charge is -2.22. The van der Waals surface area contributed by atoms with Gasteiger partial charge in [0.2, 0.25) is 5.91 Å². The van der Waals surface area contributed by atoms with E-state index in [0.717, 1.165) is 12.8 Å². The first-order valence-electron chi connectivity index (χ1n) is 6.12. The predicted molar refractivity (Wildman–Crippen MR) is 65.3 cm³/mol. The van der Waals surface area contributed by atoms with Crippen LogP contribution in [0.3, 0.4) is 0 Å². The van der Waals surface area contributed by atoms with E-state index in [1.54, 1.807) is 0 Å². The Kier molecular flexibility index (Phi) is 6.07. The molecule has 1 heterocycles. The molecule has 8 nitrogen and oxygen atoms in total. The summed E-state index contributed by atoms with van der Waals surface area (Å²) in [7, 11) is 0. The Balaban J connectivity index is 2.31. The third-order valence-electron chi connectivity index (χ3n) is 2.90. The summed E-state index contributed by atoms with van der Waals surface area (Å²) in [5.41, 5.74) is 4.91. The molecule has 0 saturated carbocycles. The largest absolute Gasteiger partial charge is 0.480 e. The van der Waals surface area contributed by atoms with E-state index >= 15 is 0 Å². The van der Waals surface area contributed by atoms with Crippen molar-refractivity contribution >= 4 is 17.9 Å². The van der Waals surface area contributed by atoms with Crippen LogP contribution in [-0.4, -0.2) is 48.8 Å². The van der Waals surface area contributed by atoms with Crippen molar-refractivity contribution < 1.29 is 24.2 Å². The molecule has 0 aromatic heterocycles. The van der Waals surface area contributed by atoms with Gasteiger partial charge in [0, 0.05) is 19.8 Å². The number of carboxylic acid groups (broad SMARTS) is 1. The van der Waals surface area contributed by atoms with Gasteiger partial charge in [-0.2, -0.15) is 0 Å². The predicted octanol–water partition coefficient (Wildman–Crippen LogP) is -0.959. The number of carboxylic acids is 1. The maximum atomic E-state index is 11.5. The average molecular weight is 273 g/mol. The van der Waals surface area contributed by atoms with Crippen molar-refractivity contribution in [1.82, 2.24) is 10.6 Å². The molecule has 8 heteroatoms. The first-order valence-corrected chi connectivity index (χ1v) is 6.12. The van der Waals surface area contributed by atoms with Gasteiger partial charge in [0.25, 0.3) is 0 Å². The third kappa shape index (κ3) is 6.05. The summed E-state index contributed by atoms with van der Waals surface area (Å²) in [5.74, 6) is -1.74. The number of carbonyl (C=O) groups excluding carboxylic acids is 2. The number of nitrogens with one attached hydrogen (secondary N) is 2. The normalized spacial score (nSPS) is 17.5. The smallest absolute Gasteiger partial charge is 0.326 e. The molecule has 3 amide bonds. The highest BCUT2D eigenvalue weighted by Crippen LogP contribution is 2.12. The van der Waals surface area contributed by atoms with E-state index in [2.05, 4.69) is 10.6 Å². The van der Waals surface area contributed by atoms with Crippen LogP contribution in [0.4, 0.5) is 4.79 Å². The number of ether oxygens (including phenoxy) is 1. The Morgan fingerprint density at radius 2 is 1.95 bits per heavy atom. The van der Waals surface area contributed by atoms with Crippen LogP contribution in [0.25, 0.3) is 0 Å². The van der Waals surface area contributed by atoms with Gasteiger partial charge in [-0.1, -0.05) is 0 Å². The molecule has 1 rings (SSSR count). The van der Waals surface area contributed by atoms with Gasteiger partial charge < -0.3 is 26.2 Å². The van der Waals surface area contributed by atoms with Crippen molar-refractivity contribution in [3.63, 3.8) is 0 Å². The second-order valence-corrected chi connectivity index (χ2v) is 4.47. The van der Waals surface area contributed by atoms with Gasteiger partial charge >= 0.3 is 12.0 Å². The summed E-state index contributed by atoms with van der Waals surface area (Å²) in [6, 6.07) is -1.91. The molecule has 108 valence electrons. The lowest BCUT2D eigenvalue weighted by molar-refractivity contribution is -0.140. The summed E-state index contributed by atoms with van der Waals surface area (Å²) < 4.78 is 5.19. The van der Waals surface area contributed by atoms with Gasteiger partial charge in [0.05, 0.1) is 6.42 Å². The fourth-order valence-electron chi connectivity index (χ4n) is 1.80. The number of carbonyl (C=O) groups is 3. The van der Waals surface area contributed by atoms with E-state index in [4.69, 9.17) is 15.6 Å². The molecule has 1 aliphatic heterocycles. The summed E-state index contributed by atoms with van der Waals surface area (Å²) >= 11 is 0. The minimum atomic E-state index is -1.30. The van der Waals surface area contributed by atoms with Gasteiger partial charge in [-0.15, -0.1) is 0 Å². The van der Waals surface area contributed by atoms with Crippen LogP contribution in [0.5, 0.6) is 0 Å². The summed E-state index contributed by atoms with van der Waals surface area (Å²) in [6.07, 6.45) is 1.30. The van der Waals surface area contributed by atoms with Crippen LogP contribution in [-0.2, 0) is 14.3 Å². The Morgan fingerprint density at radius 1 is 1.32 bits per heavy atom. The van der Waals surface area contributed by atoms with Crippen molar-refractivity contribution in [2.24, 2.45) is 11.7 Å². The number of amides is 3. The second-order valence-electron chi connectivity index (χ2n) is 4.47. The van der Waals surface area contributed by atoms with Gasteiger partial charge in [0.1, 0.15) is 6.04 Å².